The molecule has 4 atom stereocenters. The molecule has 0 saturated carbocycles. The molecule has 10 heteroatoms. The van der Waals surface area contributed by atoms with Crippen molar-refractivity contribution in [3.8, 4) is 5.75 Å². The Labute approximate surface area is 203 Å². The Morgan fingerprint density at radius 2 is 1.74 bits per heavy atom. The molecule has 2 fully saturated rings. The molecule has 2 aromatic carbocycles. The van der Waals surface area contributed by atoms with E-state index in [9.17, 15) is 26.4 Å². The van der Waals surface area contributed by atoms with Crippen molar-refractivity contribution >= 4 is 15.7 Å². The van der Waals surface area contributed by atoms with Gasteiger partial charge in [-0.15, -0.1) is 0 Å². The Kier molecular flexibility index (Phi) is 7.42. The van der Waals surface area contributed by atoms with Crippen LogP contribution in [-0.2, 0) is 21.1 Å². The molecule has 2 heterocycles. The van der Waals surface area contributed by atoms with Gasteiger partial charge in [-0.05, 0) is 67.9 Å². The van der Waals surface area contributed by atoms with Gasteiger partial charge in [0.05, 0.1) is 17.8 Å². The zero-order valence-corrected chi connectivity index (χ0v) is 20.2. The summed E-state index contributed by atoms with van der Waals surface area (Å²) in [5.74, 6) is -3.26. The first-order valence-corrected chi connectivity index (χ1v) is 13.3. The first-order valence-electron chi connectivity index (χ1n) is 11.7. The summed E-state index contributed by atoms with van der Waals surface area (Å²) in [5, 5.41) is 0. The topological polar surface area (TPSA) is 89.7 Å². The maximum Gasteiger partial charge on any atom is 0.224 e. The quantitative estimate of drug-likeness (QED) is 0.548. The van der Waals surface area contributed by atoms with Gasteiger partial charge in [-0.3, -0.25) is 4.79 Å². The van der Waals surface area contributed by atoms with Crippen molar-refractivity contribution in [3.05, 3.63) is 59.4 Å². The number of hydrogen-bond acceptors (Lipinski definition) is 5. The fourth-order valence-electron chi connectivity index (χ4n) is 5.38. The third-order valence-corrected chi connectivity index (χ3v) is 8.91. The minimum atomic E-state index is -3.65. The van der Waals surface area contributed by atoms with Crippen molar-refractivity contribution in [2.75, 3.05) is 12.9 Å². The molecule has 2 aliphatic rings. The van der Waals surface area contributed by atoms with Gasteiger partial charge in [0, 0.05) is 30.6 Å². The molecule has 6 nitrogen and oxygen atoms in total. The van der Waals surface area contributed by atoms with Crippen molar-refractivity contribution in [2.24, 2.45) is 11.7 Å². The van der Waals surface area contributed by atoms with E-state index in [2.05, 4.69) is 0 Å². The first-order chi connectivity index (χ1) is 16.6. The molecular weight excluding hydrogens is 481 g/mol. The number of nitrogens with two attached hydrogens (primary N) is 1. The highest BCUT2D eigenvalue weighted by Gasteiger charge is 2.44. The lowest BCUT2D eigenvalue weighted by Gasteiger charge is -2.41. The monoisotopic (exact) mass is 510 g/mol. The summed E-state index contributed by atoms with van der Waals surface area (Å²) < 4.78 is 71.4. The average Bonchev–Trinajstić information content (AvgIpc) is 3.10. The van der Waals surface area contributed by atoms with Crippen LogP contribution in [0.25, 0.3) is 0 Å². The molecule has 35 heavy (non-hydrogen) atoms. The molecule has 2 aromatic rings. The lowest BCUT2D eigenvalue weighted by Crippen LogP contribution is -2.50. The SMILES string of the molecule is COc1cccc(S(=O)(=O)CCC(=O)N2[C@@H]3CC[C@H]2C[C@@H]([C@H](N)Cc2cc(F)c(F)cc2F)C3)c1. The predicted molar refractivity (Wildman–Crippen MR) is 124 cm³/mol. The number of nitrogens with zero attached hydrogens (tertiary/aromatic N) is 1. The summed E-state index contributed by atoms with van der Waals surface area (Å²) in [4.78, 5) is 14.9. The van der Waals surface area contributed by atoms with E-state index in [1.165, 1.54) is 19.2 Å². The number of methoxy groups -OCH3 is 1. The number of amides is 1. The zero-order chi connectivity index (χ0) is 25.3. The third-order valence-electron chi connectivity index (χ3n) is 7.19. The summed E-state index contributed by atoms with van der Waals surface area (Å²) in [6.45, 7) is 0. The number of piperidine rings is 1. The molecule has 0 aliphatic carbocycles. The number of halogens is 3. The second-order valence-corrected chi connectivity index (χ2v) is 11.5. The minimum Gasteiger partial charge on any atom is -0.497 e. The van der Waals surface area contributed by atoms with E-state index in [1.54, 1.807) is 17.0 Å². The van der Waals surface area contributed by atoms with E-state index in [1.807, 2.05) is 0 Å². The number of carbonyl (C=O) groups is 1. The lowest BCUT2D eigenvalue weighted by molar-refractivity contribution is -0.136. The van der Waals surface area contributed by atoms with Gasteiger partial charge in [-0.25, -0.2) is 21.6 Å². The van der Waals surface area contributed by atoms with Crippen LogP contribution < -0.4 is 10.5 Å². The Morgan fingerprint density at radius 1 is 1.09 bits per heavy atom. The number of benzene rings is 2. The van der Waals surface area contributed by atoms with Crippen molar-refractivity contribution in [1.82, 2.24) is 4.90 Å². The maximum atomic E-state index is 14.1. The first kappa shape index (κ1) is 25.5. The number of fused-ring (bicyclic) bond motifs is 2. The summed E-state index contributed by atoms with van der Waals surface area (Å²) in [5.41, 5.74) is 6.37. The summed E-state index contributed by atoms with van der Waals surface area (Å²) in [6, 6.07) is 6.94. The van der Waals surface area contributed by atoms with E-state index in [0.29, 0.717) is 24.7 Å². The van der Waals surface area contributed by atoms with Crippen LogP contribution in [0.1, 0.15) is 37.7 Å². The van der Waals surface area contributed by atoms with E-state index < -0.39 is 33.3 Å². The number of hydrogen-bond donors (Lipinski definition) is 1. The third kappa shape index (κ3) is 5.48. The van der Waals surface area contributed by atoms with Crippen molar-refractivity contribution < 1.29 is 31.1 Å². The molecule has 4 rings (SSSR count). The molecule has 2 N–H and O–H groups in total. The molecule has 2 aliphatic heterocycles. The highest BCUT2D eigenvalue weighted by atomic mass is 32.2. The van der Waals surface area contributed by atoms with Crippen LogP contribution in [-0.4, -0.2) is 50.2 Å². The lowest BCUT2D eigenvalue weighted by atomic mass is 9.82. The van der Waals surface area contributed by atoms with E-state index >= 15 is 0 Å². The number of ether oxygens (including phenoxy) is 1. The van der Waals surface area contributed by atoms with Crippen molar-refractivity contribution in [3.63, 3.8) is 0 Å². The largest absolute Gasteiger partial charge is 0.497 e. The Balaban J connectivity index is 1.37. The molecular formula is C25H29F3N2O4S. The summed E-state index contributed by atoms with van der Waals surface area (Å²) >= 11 is 0. The van der Waals surface area contributed by atoms with Gasteiger partial charge < -0.3 is 15.4 Å². The van der Waals surface area contributed by atoms with E-state index in [0.717, 1.165) is 18.9 Å². The Morgan fingerprint density at radius 3 is 2.40 bits per heavy atom. The van der Waals surface area contributed by atoms with Crippen LogP contribution in [0.5, 0.6) is 5.75 Å². The van der Waals surface area contributed by atoms with Gasteiger partial charge in [0.1, 0.15) is 11.6 Å². The fraction of sp³-hybridized carbons (Fsp3) is 0.480. The van der Waals surface area contributed by atoms with E-state index in [-0.39, 0.29) is 53.0 Å². The highest BCUT2D eigenvalue weighted by Crippen LogP contribution is 2.40. The number of rotatable bonds is 8. The van der Waals surface area contributed by atoms with E-state index in [4.69, 9.17) is 10.5 Å². The summed E-state index contributed by atoms with van der Waals surface area (Å²) in [6.07, 6.45) is 2.75. The molecule has 1 amide bonds. The minimum absolute atomic E-state index is 0.00965. The molecule has 0 unspecified atom stereocenters. The van der Waals surface area contributed by atoms with Crippen LogP contribution in [0.4, 0.5) is 13.2 Å². The maximum absolute atomic E-state index is 14.1. The second-order valence-electron chi connectivity index (χ2n) is 9.39. The average molecular weight is 511 g/mol. The fourth-order valence-corrected chi connectivity index (χ4v) is 6.64. The Bertz CT molecular complexity index is 1190. The van der Waals surface area contributed by atoms with Crippen LogP contribution in [0.2, 0.25) is 0 Å². The van der Waals surface area contributed by atoms with Gasteiger partial charge in [0.15, 0.2) is 21.5 Å². The van der Waals surface area contributed by atoms with Gasteiger partial charge in [-0.1, -0.05) is 6.07 Å². The zero-order valence-electron chi connectivity index (χ0n) is 19.4. The van der Waals surface area contributed by atoms with Crippen LogP contribution in [0.15, 0.2) is 41.3 Å². The molecule has 0 radical (unpaired) electrons. The smallest absolute Gasteiger partial charge is 0.224 e. The normalized spacial score (nSPS) is 22.8. The van der Waals surface area contributed by atoms with Gasteiger partial charge in [0.25, 0.3) is 0 Å². The van der Waals surface area contributed by atoms with Crippen molar-refractivity contribution in [2.45, 2.75) is 61.5 Å². The number of carbonyl (C=O) groups excluding carboxylic acids is 1. The number of sulfone groups is 1. The second kappa shape index (κ2) is 10.2. The Hall–Kier alpha value is -2.59. The van der Waals surface area contributed by atoms with Crippen LogP contribution in [0, 0.1) is 23.4 Å². The van der Waals surface area contributed by atoms with Gasteiger partial charge in [0.2, 0.25) is 5.91 Å². The van der Waals surface area contributed by atoms with Crippen molar-refractivity contribution in [1.29, 1.82) is 0 Å². The van der Waals surface area contributed by atoms with Crippen LogP contribution >= 0.6 is 0 Å². The molecule has 2 bridgehead atoms. The van der Waals surface area contributed by atoms with Gasteiger partial charge >= 0.3 is 0 Å². The van der Waals surface area contributed by atoms with Gasteiger partial charge in [-0.2, -0.15) is 0 Å². The molecule has 190 valence electrons. The molecule has 0 aromatic heterocycles. The van der Waals surface area contributed by atoms with Crippen LogP contribution in [0.3, 0.4) is 0 Å². The predicted octanol–water partition coefficient (Wildman–Crippen LogP) is 3.62. The molecule has 0 spiro atoms. The highest BCUT2D eigenvalue weighted by molar-refractivity contribution is 7.91. The standard InChI is InChI=1S/C25H29F3N2O4S/c1-34-19-3-2-4-20(13-19)35(32,33)8-7-25(31)30-17-5-6-18(30)10-16(9-17)24(29)12-15-11-22(27)23(28)14-21(15)26/h2-4,11,13-14,16-18,24H,5-10,12,29H2,1H3/t16-,17+,18-,24-/m1/s1. The molecule has 2 saturated heterocycles. The summed E-state index contributed by atoms with van der Waals surface area (Å²) in [7, 11) is -2.20.